The zero-order valence-corrected chi connectivity index (χ0v) is 12.0. The molecule has 0 radical (unpaired) electrons. The Kier molecular flexibility index (Phi) is 4.35. The van der Waals surface area contributed by atoms with Crippen molar-refractivity contribution in [2.45, 2.75) is 20.4 Å². The van der Waals surface area contributed by atoms with Crippen LogP contribution in [0.3, 0.4) is 0 Å². The summed E-state index contributed by atoms with van der Waals surface area (Å²) in [6, 6.07) is 9.84. The zero-order chi connectivity index (χ0) is 14.5. The molecule has 2 aromatic rings. The Morgan fingerprint density at radius 2 is 2.00 bits per heavy atom. The molecule has 0 fully saturated rings. The van der Waals surface area contributed by atoms with E-state index in [1.54, 1.807) is 18.0 Å². The molecule has 1 amide bonds. The van der Waals surface area contributed by atoms with Crippen LogP contribution in [-0.4, -0.2) is 23.0 Å². The monoisotopic (exact) mass is 270 g/mol. The Balaban J connectivity index is 1.95. The molecule has 1 heterocycles. The predicted octanol–water partition coefficient (Wildman–Crippen LogP) is 2.96. The van der Waals surface area contributed by atoms with E-state index in [-0.39, 0.29) is 5.91 Å². The summed E-state index contributed by atoms with van der Waals surface area (Å²) in [5.41, 5.74) is 2.96. The maximum absolute atomic E-state index is 12.0. The number of amides is 1. The maximum Gasteiger partial charge on any atom is 0.246 e. The zero-order valence-electron chi connectivity index (χ0n) is 12.0. The number of hydrogen-bond acceptors (Lipinski definition) is 3. The molecule has 1 aromatic heterocycles. The van der Waals surface area contributed by atoms with Crippen molar-refractivity contribution in [3.8, 4) is 0 Å². The molecule has 0 N–H and O–H groups in total. The van der Waals surface area contributed by atoms with Gasteiger partial charge in [-0.25, -0.2) is 0 Å². The first-order valence-electron chi connectivity index (χ1n) is 6.46. The van der Waals surface area contributed by atoms with Gasteiger partial charge in [0.25, 0.3) is 0 Å². The van der Waals surface area contributed by atoms with Crippen LogP contribution in [0.25, 0.3) is 6.08 Å². The van der Waals surface area contributed by atoms with Gasteiger partial charge >= 0.3 is 0 Å². The van der Waals surface area contributed by atoms with Crippen LogP contribution in [0.4, 0.5) is 0 Å². The molecule has 4 nitrogen and oxygen atoms in total. The third kappa shape index (κ3) is 3.82. The summed E-state index contributed by atoms with van der Waals surface area (Å²) in [6.45, 7) is 4.30. The lowest BCUT2D eigenvalue weighted by Gasteiger charge is -2.12. The van der Waals surface area contributed by atoms with E-state index in [9.17, 15) is 4.79 Å². The maximum atomic E-state index is 12.0. The molecule has 1 aromatic carbocycles. The van der Waals surface area contributed by atoms with E-state index in [0.29, 0.717) is 6.54 Å². The van der Waals surface area contributed by atoms with Crippen LogP contribution in [0.15, 0.2) is 40.9 Å². The van der Waals surface area contributed by atoms with Crippen LogP contribution < -0.4 is 0 Å². The Morgan fingerprint density at radius 1 is 1.30 bits per heavy atom. The number of benzene rings is 1. The molecule has 4 heteroatoms. The third-order valence-corrected chi connectivity index (χ3v) is 2.95. The quantitative estimate of drug-likeness (QED) is 0.802. The number of carbonyl (C=O) groups excluding carboxylic acids is 1. The van der Waals surface area contributed by atoms with Gasteiger partial charge < -0.3 is 9.42 Å². The van der Waals surface area contributed by atoms with Gasteiger partial charge in [-0.3, -0.25) is 4.79 Å². The molecule has 20 heavy (non-hydrogen) atoms. The molecule has 0 spiro atoms. The van der Waals surface area contributed by atoms with E-state index in [0.717, 1.165) is 17.0 Å². The van der Waals surface area contributed by atoms with Gasteiger partial charge in [-0.1, -0.05) is 35.0 Å². The Labute approximate surface area is 118 Å². The molecular weight excluding hydrogens is 252 g/mol. The third-order valence-electron chi connectivity index (χ3n) is 2.95. The average molecular weight is 270 g/mol. The molecule has 2 rings (SSSR count). The SMILES string of the molecule is Cc1ccc(/C=C\C(=O)N(C)Cc2cc(C)on2)cc1. The fraction of sp³-hybridized carbons (Fsp3) is 0.250. The highest BCUT2D eigenvalue weighted by Crippen LogP contribution is 2.07. The van der Waals surface area contributed by atoms with Gasteiger partial charge in [-0.2, -0.15) is 0 Å². The second kappa shape index (κ2) is 6.19. The fourth-order valence-electron chi connectivity index (χ4n) is 1.79. The van der Waals surface area contributed by atoms with Crippen molar-refractivity contribution in [2.75, 3.05) is 7.05 Å². The second-order valence-electron chi connectivity index (χ2n) is 4.87. The van der Waals surface area contributed by atoms with Crippen molar-refractivity contribution >= 4 is 12.0 Å². The molecular formula is C16H18N2O2. The Bertz CT molecular complexity index is 612. The first-order chi connectivity index (χ1) is 9.54. The lowest BCUT2D eigenvalue weighted by atomic mass is 10.1. The van der Waals surface area contributed by atoms with Crippen molar-refractivity contribution < 1.29 is 9.32 Å². The van der Waals surface area contributed by atoms with E-state index in [2.05, 4.69) is 5.16 Å². The van der Waals surface area contributed by atoms with Crippen LogP contribution in [0.2, 0.25) is 0 Å². The van der Waals surface area contributed by atoms with E-state index in [4.69, 9.17) is 4.52 Å². The van der Waals surface area contributed by atoms with Crippen LogP contribution in [0, 0.1) is 13.8 Å². The molecule has 0 saturated heterocycles. The molecule has 0 atom stereocenters. The van der Waals surface area contributed by atoms with Crippen LogP contribution in [-0.2, 0) is 11.3 Å². The van der Waals surface area contributed by atoms with Crippen molar-refractivity contribution in [3.63, 3.8) is 0 Å². The van der Waals surface area contributed by atoms with E-state index < -0.39 is 0 Å². The van der Waals surface area contributed by atoms with Crippen LogP contribution in [0.5, 0.6) is 0 Å². The molecule has 0 aliphatic carbocycles. The average Bonchev–Trinajstić information content (AvgIpc) is 2.83. The number of nitrogens with zero attached hydrogens (tertiary/aromatic N) is 2. The summed E-state index contributed by atoms with van der Waals surface area (Å²) in [7, 11) is 1.74. The van der Waals surface area contributed by atoms with Gasteiger partial charge in [0, 0.05) is 19.2 Å². The van der Waals surface area contributed by atoms with E-state index in [1.165, 1.54) is 5.56 Å². The van der Waals surface area contributed by atoms with Gasteiger partial charge in [0.15, 0.2) is 0 Å². The van der Waals surface area contributed by atoms with Crippen molar-refractivity contribution in [1.29, 1.82) is 0 Å². The number of aromatic nitrogens is 1. The summed E-state index contributed by atoms with van der Waals surface area (Å²) in [4.78, 5) is 13.6. The smallest absolute Gasteiger partial charge is 0.246 e. The number of likely N-dealkylation sites (N-methyl/N-ethyl adjacent to an activating group) is 1. The molecule has 0 aliphatic heterocycles. The number of hydrogen-bond donors (Lipinski definition) is 0. The van der Waals surface area contributed by atoms with Gasteiger partial charge in [0.1, 0.15) is 11.5 Å². The van der Waals surface area contributed by atoms with Crippen LogP contribution >= 0.6 is 0 Å². The minimum absolute atomic E-state index is 0.0637. The lowest BCUT2D eigenvalue weighted by molar-refractivity contribution is -0.125. The van der Waals surface area contributed by atoms with Gasteiger partial charge in [-0.05, 0) is 25.5 Å². The summed E-state index contributed by atoms with van der Waals surface area (Å²) in [5, 5.41) is 3.87. The van der Waals surface area contributed by atoms with E-state index >= 15 is 0 Å². The topological polar surface area (TPSA) is 46.3 Å². The summed E-state index contributed by atoms with van der Waals surface area (Å²) < 4.78 is 4.98. The Hall–Kier alpha value is -2.36. The van der Waals surface area contributed by atoms with Gasteiger partial charge in [0.05, 0.1) is 6.54 Å². The Morgan fingerprint density at radius 3 is 2.60 bits per heavy atom. The van der Waals surface area contributed by atoms with Gasteiger partial charge in [-0.15, -0.1) is 0 Å². The first-order valence-corrected chi connectivity index (χ1v) is 6.46. The first kappa shape index (κ1) is 14.1. The summed E-state index contributed by atoms with van der Waals surface area (Å²) >= 11 is 0. The lowest BCUT2D eigenvalue weighted by Crippen LogP contribution is -2.24. The normalized spacial score (nSPS) is 10.9. The van der Waals surface area contributed by atoms with Crippen molar-refractivity contribution in [2.24, 2.45) is 0 Å². The second-order valence-corrected chi connectivity index (χ2v) is 4.87. The predicted molar refractivity (Wildman–Crippen MR) is 77.9 cm³/mol. The number of carbonyl (C=O) groups is 1. The molecule has 0 saturated carbocycles. The standard InChI is InChI=1S/C16H18N2O2/c1-12-4-6-14(7-5-12)8-9-16(19)18(3)11-15-10-13(2)20-17-15/h4-10H,11H2,1-3H3/b9-8-. The number of aryl methyl sites for hydroxylation is 2. The van der Waals surface area contributed by atoms with Crippen molar-refractivity contribution in [3.05, 3.63) is 59.0 Å². The fourth-order valence-corrected chi connectivity index (χ4v) is 1.79. The minimum atomic E-state index is -0.0637. The highest BCUT2D eigenvalue weighted by Gasteiger charge is 2.08. The molecule has 0 unspecified atom stereocenters. The van der Waals surface area contributed by atoms with Crippen molar-refractivity contribution in [1.82, 2.24) is 10.1 Å². The van der Waals surface area contributed by atoms with E-state index in [1.807, 2.05) is 50.3 Å². The largest absolute Gasteiger partial charge is 0.361 e. The highest BCUT2D eigenvalue weighted by atomic mass is 16.5. The molecule has 104 valence electrons. The summed E-state index contributed by atoms with van der Waals surface area (Å²) in [6.07, 6.45) is 3.38. The van der Waals surface area contributed by atoms with Crippen LogP contribution in [0.1, 0.15) is 22.6 Å². The summed E-state index contributed by atoms with van der Waals surface area (Å²) in [5.74, 6) is 0.683. The highest BCUT2D eigenvalue weighted by molar-refractivity contribution is 5.91. The van der Waals surface area contributed by atoms with Gasteiger partial charge in [0.2, 0.25) is 5.91 Å². The molecule has 0 bridgehead atoms. The molecule has 0 aliphatic rings. The number of rotatable bonds is 4. The minimum Gasteiger partial charge on any atom is -0.361 e.